The number of halogens is 1. The predicted octanol–water partition coefficient (Wildman–Crippen LogP) is 1.94. The third-order valence-electron chi connectivity index (χ3n) is 4.43. The molecule has 2 unspecified atom stereocenters. The van der Waals surface area contributed by atoms with Crippen LogP contribution in [0.15, 0.2) is 29.3 Å². The molecule has 1 aliphatic rings. The van der Waals surface area contributed by atoms with Gasteiger partial charge in [-0.3, -0.25) is 4.99 Å². The van der Waals surface area contributed by atoms with Gasteiger partial charge >= 0.3 is 0 Å². The average molecular weight is 367 g/mol. The Morgan fingerprint density at radius 3 is 2.96 bits per heavy atom. The van der Waals surface area contributed by atoms with Crippen LogP contribution in [-0.2, 0) is 4.74 Å². The smallest absolute Gasteiger partial charge is 0.191 e. The van der Waals surface area contributed by atoms with Crippen LogP contribution >= 0.6 is 0 Å². The molecular weight excluding hydrogens is 337 g/mol. The molecule has 0 saturated carbocycles. The minimum absolute atomic E-state index is 0.0826. The van der Waals surface area contributed by atoms with Gasteiger partial charge < -0.3 is 25.2 Å². The molecule has 6 nitrogen and oxygen atoms in total. The fourth-order valence-electron chi connectivity index (χ4n) is 2.93. The number of benzene rings is 1. The number of aliphatic imine (C=N–C) groups is 1. The molecule has 0 amide bonds. The Morgan fingerprint density at radius 1 is 1.46 bits per heavy atom. The van der Waals surface area contributed by atoms with Gasteiger partial charge in [-0.2, -0.15) is 0 Å². The van der Waals surface area contributed by atoms with Crippen LogP contribution in [-0.4, -0.2) is 56.6 Å². The highest BCUT2D eigenvalue weighted by atomic mass is 19.1. The number of rotatable bonds is 9. The van der Waals surface area contributed by atoms with Crippen molar-refractivity contribution in [2.45, 2.75) is 32.8 Å². The minimum atomic E-state index is -0.314. The quantitative estimate of drug-likeness (QED) is 0.459. The van der Waals surface area contributed by atoms with Gasteiger partial charge in [0.1, 0.15) is 17.7 Å². The van der Waals surface area contributed by atoms with Crippen LogP contribution in [0.1, 0.15) is 26.7 Å². The van der Waals surface area contributed by atoms with Crippen molar-refractivity contribution in [1.82, 2.24) is 10.6 Å². The molecule has 0 aromatic heterocycles. The molecule has 1 aromatic carbocycles. The molecule has 0 aliphatic carbocycles. The molecule has 0 radical (unpaired) electrons. The molecule has 146 valence electrons. The number of nitrogens with one attached hydrogen (secondary N) is 2. The second-order valence-corrected chi connectivity index (χ2v) is 6.74. The number of nitrogens with zero attached hydrogens (tertiary/aromatic N) is 1. The molecule has 2 rings (SSSR count). The van der Waals surface area contributed by atoms with Crippen molar-refractivity contribution < 1.29 is 19.0 Å². The molecule has 1 aromatic rings. The fraction of sp³-hybridized carbons (Fsp3) is 0.632. The van der Waals surface area contributed by atoms with Crippen molar-refractivity contribution >= 4 is 5.96 Å². The molecule has 1 fully saturated rings. The SMILES string of the molecule is CCNC(=NCC1(CCO)CCOC1)NCC(C)Oc1cccc(F)c1. The summed E-state index contributed by atoms with van der Waals surface area (Å²) in [6.07, 6.45) is 1.45. The van der Waals surface area contributed by atoms with Crippen molar-refractivity contribution in [3.05, 3.63) is 30.1 Å². The zero-order valence-corrected chi connectivity index (χ0v) is 15.6. The lowest BCUT2D eigenvalue weighted by Gasteiger charge is -2.25. The lowest BCUT2D eigenvalue weighted by Crippen LogP contribution is -2.42. The summed E-state index contributed by atoms with van der Waals surface area (Å²) in [6, 6.07) is 6.12. The van der Waals surface area contributed by atoms with E-state index in [-0.39, 0.29) is 23.9 Å². The number of hydrogen-bond acceptors (Lipinski definition) is 4. The van der Waals surface area contributed by atoms with E-state index in [4.69, 9.17) is 9.47 Å². The zero-order chi connectivity index (χ0) is 18.8. The highest BCUT2D eigenvalue weighted by molar-refractivity contribution is 5.79. The zero-order valence-electron chi connectivity index (χ0n) is 15.6. The molecule has 1 aliphatic heterocycles. The first kappa shape index (κ1) is 20.5. The molecule has 1 saturated heterocycles. The van der Waals surface area contributed by atoms with Crippen molar-refractivity contribution in [1.29, 1.82) is 0 Å². The maximum absolute atomic E-state index is 13.2. The molecule has 1 heterocycles. The molecule has 7 heteroatoms. The summed E-state index contributed by atoms with van der Waals surface area (Å²) >= 11 is 0. The normalized spacial score (nSPS) is 21.5. The third kappa shape index (κ3) is 6.46. The van der Waals surface area contributed by atoms with Gasteiger partial charge in [0.25, 0.3) is 0 Å². The van der Waals surface area contributed by atoms with Crippen LogP contribution in [0.4, 0.5) is 4.39 Å². The number of guanidine groups is 1. The van der Waals surface area contributed by atoms with Gasteiger partial charge in [0.05, 0.1) is 19.7 Å². The number of hydrogen-bond donors (Lipinski definition) is 3. The maximum atomic E-state index is 13.2. The van der Waals surface area contributed by atoms with E-state index in [2.05, 4.69) is 15.6 Å². The highest BCUT2D eigenvalue weighted by Gasteiger charge is 2.34. The van der Waals surface area contributed by atoms with Gasteiger partial charge in [-0.15, -0.1) is 0 Å². The number of ether oxygens (including phenoxy) is 2. The first-order valence-electron chi connectivity index (χ1n) is 9.20. The summed E-state index contributed by atoms with van der Waals surface area (Å²) in [4.78, 5) is 4.67. The van der Waals surface area contributed by atoms with E-state index in [1.807, 2.05) is 13.8 Å². The van der Waals surface area contributed by atoms with Crippen molar-refractivity contribution in [2.75, 3.05) is 39.5 Å². The van der Waals surface area contributed by atoms with Gasteiger partial charge in [0.2, 0.25) is 0 Å². The molecule has 3 N–H and O–H groups in total. The fourth-order valence-corrected chi connectivity index (χ4v) is 2.93. The van der Waals surface area contributed by atoms with Gasteiger partial charge in [0, 0.05) is 31.2 Å². The van der Waals surface area contributed by atoms with Crippen molar-refractivity contribution in [2.24, 2.45) is 10.4 Å². The van der Waals surface area contributed by atoms with Crippen LogP contribution in [0.2, 0.25) is 0 Å². The summed E-state index contributed by atoms with van der Waals surface area (Å²) in [5, 5.41) is 15.8. The topological polar surface area (TPSA) is 75.1 Å². The predicted molar refractivity (Wildman–Crippen MR) is 100 cm³/mol. The Balaban J connectivity index is 1.88. The molecule has 0 bridgehead atoms. The van der Waals surface area contributed by atoms with E-state index >= 15 is 0 Å². The average Bonchev–Trinajstić information content (AvgIpc) is 3.06. The summed E-state index contributed by atoms with van der Waals surface area (Å²) in [7, 11) is 0. The maximum Gasteiger partial charge on any atom is 0.191 e. The van der Waals surface area contributed by atoms with E-state index in [0.717, 1.165) is 19.6 Å². The molecule has 0 spiro atoms. The first-order valence-corrected chi connectivity index (χ1v) is 9.20. The Kier molecular flexibility index (Phi) is 8.12. The van der Waals surface area contributed by atoms with Crippen molar-refractivity contribution in [3.8, 4) is 5.75 Å². The third-order valence-corrected chi connectivity index (χ3v) is 4.43. The van der Waals surface area contributed by atoms with Crippen LogP contribution in [0.25, 0.3) is 0 Å². The number of aliphatic hydroxyl groups excluding tert-OH is 1. The Hall–Kier alpha value is -1.86. The van der Waals surface area contributed by atoms with E-state index in [9.17, 15) is 9.50 Å². The molecular formula is C19H30FN3O3. The highest BCUT2D eigenvalue weighted by Crippen LogP contribution is 2.32. The van der Waals surface area contributed by atoms with Gasteiger partial charge in [-0.05, 0) is 38.8 Å². The summed E-state index contributed by atoms with van der Waals surface area (Å²) in [5.41, 5.74) is -0.0826. The van der Waals surface area contributed by atoms with Gasteiger partial charge in [-0.1, -0.05) is 6.07 Å². The Bertz CT molecular complexity index is 577. The molecule has 2 atom stereocenters. The van der Waals surface area contributed by atoms with E-state index in [1.54, 1.807) is 12.1 Å². The van der Waals surface area contributed by atoms with E-state index < -0.39 is 0 Å². The summed E-state index contributed by atoms with van der Waals surface area (Å²) in [6.45, 7) is 7.29. The first-order chi connectivity index (χ1) is 12.6. The largest absolute Gasteiger partial charge is 0.489 e. The monoisotopic (exact) mass is 367 g/mol. The standard InChI is InChI=1S/C19H30FN3O3/c1-3-21-18(23-13-19(7-9-24)8-10-25-14-19)22-12-15(2)26-17-6-4-5-16(20)11-17/h4-6,11,15,24H,3,7-10,12-14H2,1-2H3,(H2,21,22,23). The minimum Gasteiger partial charge on any atom is -0.489 e. The van der Waals surface area contributed by atoms with Crippen LogP contribution < -0.4 is 15.4 Å². The summed E-state index contributed by atoms with van der Waals surface area (Å²) in [5.74, 6) is 0.892. The van der Waals surface area contributed by atoms with Crippen molar-refractivity contribution in [3.63, 3.8) is 0 Å². The second kappa shape index (κ2) is 10.3. The van der Waals surface area contributed by atoms with E-state index in [0.29, 0.717) is 37.8 Å². The Morgan fingerprint density at radius 2 is 2.31 bits per heavy atom. The second-order valence-electron chi connectivity index (χ2n) is 6.74. The van der Waals surface area contributed by atoms with Gasteiger partial charge in [0.15, 0.2) is 5.96 Å². The van der Waals surface area contributed by atoms with Crippen LogP contribution in [0, 0.1) is 11.2 Å². The number of aliphatic hydroxyl groups is 1. The Labute approximate surface area is 154 Å². The van der Waals surface area contributed by atoms with Crippen LogP contribution in [0.3, 0.4) is 0 Å². The lowest BCUT2D eigenvalue weighted by molar-refractivity contribution is 0.131. The molecule has 26 heavy (non-hydrogen) atoms. The van der Waals surface area contributed by atoms with Crippen LogP contribution in [0.5, 0.6) is 5.75 Å². The van der Waals surface area contributed by atoms with E-state index in [1.165, 1.54) is 12.1 Å². The van der Waals surface area contributed by atoms with Gasteiger partial charge in [-0.25, -0.2) is 4.39 Å². The lowest BCUT2D eigenvalue weighted by atomic mass is 9.84. The summed E-state index contributed by atoms with van der Waals surface area (Å²) < 4.78 is 24.5.